The van der Waals surface area contributed by atoms with E-state index in [9.17, 15) is 0 Å². The first-order chi connectivity index (χ1) is 3.00. The molecule has 0 aromatic rings. The molecule has 0 amide bonds. The fraction of sp³-hybridized carbons (Fsp3) is 1.00. The lowest BCUT2D eigenvalue weighted by atomic mass is 10.1. The van der Waals surface area contributed by atoms with E-state index in [-0.39, 0.29) is 0 Å². The van der Waals surface area contributed by atoms with Crippen LogP contribution in [0.1, 0.15) is 0 Å². The maximum Gasteiger partial charge on any atom is 0.326 e. The molecule has 1 rings (SSSR count). The molecule has 2 nitrogen and oxygen atoms in total. The maximum absolute atomic E-state index is 4.90. The topological polar surface area (TPSA) is 18.5 Å². The molecular weight excluding hydrogens is 97.8 g/mol. The van der Waals surface area contributed by atoms with Gasteiger partial charge in [-0.05, 0) is 0 Å². The second-order valence-corrected chi connectivity index (χ2v) is 1.76. The molecule has 1 unspecified atom stereocenters. The SMILES string of the molecule is [B]1COCPO1. The molecule has 0 saturated carbocycles. The lowest BCUT2D eigenvalue weighted by Gasteiger charge is -2.08. The molecule has 1 radical (unpaired) electrons. The Bertz CT molecular complexity index is 27.0. The molecule has 4 heteroatoms. The average molecular weight is 103 g/mol. The summed E-state index contributed by atoms with van der Waals surface area (Å²) in [6.07, 6.45) is 0.774. The Morgan fingerprint density at radius 2 is 2.67 bits per heavy atom. The number of hydrogen-bond donors (Lipinski definition) is 0. The summed E-state index contributed by atoms with van der Waals surface area (Å²) in [6.45, 7) is 0.660. The van der Waals surface area contributed by atoms with Crippen LogP contribution in [0.15, 0.2) is 0 Å². The van der Waals surface area contributed by atoms with Gasteiger partial charge in [-0.1, -0.05) is 0 Å². The summed E-state index contributed by atoms with van der Waals surface area (Å²) in [4.78, 5) is 0. The van der Waals surface area contributed by atoms with Crippen LogP contribution in [0.5, 0.6) is 0 Å². The lowest BCUT2D eigenvalue weighted by molar-refractivity contribution is 0.209. The van der Waals surface area contributed by atoms with Crippen molar-refractivity contribution in [2.24, 2.45) is 0 Å². The summed E-state index contributed by atoms with van der Waals surface area (Å²) in [5, 5.41) is 0. The Morgan fingerprint density at radius 1 is 1.67 bits per heavy atom. The van der Waals surface area contributed by atoms with Crippen molar-refractivity contribution in [3.05, 3.63) is 0 Å². The predicted molar refractivity (Wildman–Crippen MR) is 26.0 cm³/mol. The highest BCUT2D eigenvalue weighted by Crippen LogP contribution is 2.13. The van der Waals surface area contributed by atoms with E-state index in [0.717, 1.165) is 6.35 Å². The van der Waals surface area contributed by atoms with Crippen LogP contribution < -0.4 is 0 Å². The third-order valence-corrected chi connectivity index (χ3v) is 1.17. The molecule has 0 aromatic heterocycles. The van der Waals surface area contributed by atoms with Crippen LogP contribution in [-0.4, -0.2) is 20.3 Å². The van der Waals surface area contributed by atoms with Crippen LogP contribution in [0, 0.1) is 0 Å². The smallest absolute Gasteiger partial charge is 0.326 e. The van der Waals surface area contributed by atoms with Crippen molar-refractivity contribution in [3.63, 3.8) is 0 Å². The second-order valence-electron chi connectivity index (χ2n) is 0.944. The molecule has 6 heavy (non-hydrogen) atoms. The van der Waals surface area contributed by atoms with E-state index in [1.165, 1.54) is 0 Å². The van der Waals surface area contributed by atoms with Crippen molar-refractivity contribution in [1.29, 1.82) is 0 Å². The summed E-state index contributed by atoms with van der Waals surface area (Å²) in [5.41, 5.74) is 0. The Kier molecular flexibility index (Phi) is 1.95. The third-order valence-electron chi connectivity index (χ3n) is 0.514. The van der Waals surface area contributed by atoms with Crippen LogP contribution in [0.3, 0.4) is 0 Å². The minimum Gasteiger partial charge on any atom is -0.418 e. The van der Waals surface area contributed by atoms with Crippen molar-refractivity contribution in [3.8, 4) is 0 Å². The van der Waals surface area contributed by atoms with Gasteiger partial charge >= 0.3 is 7.48 Å². The fourth-order valence-electron chi connectivity index (χ4n) is 0.276. The first-order valence-corrected chi connectivity index (χ1v) is 2.89. The Labute approximate surface area is 39.3 Å². The number of ether oxygens (including phenoxy) is 1. The van der Waals surface area contributed by atoms with Gasteiger partial charge in [-0.25, -0.2) is 0 Å². The van der Waals surface area contributed by atoms with Gasteiger partial charge in [0.25, 0.3) is 0 Å². The number of rotatable bonds is 0. The molecule has 0 aromatic carbocycles. The Hall–Kier alpha value is 0.415. The highest BCUT2D eigenvalue weighted by Gasteiger charge is 1.98. The van der Waals surface area contributed by atoms with E-state index in [1.807, 2.05) is 0 Å². The van der Waals surface area contributed by atoms with Gasteiger partial charge in [0.1, 0.15) is 0 Å². The van der Waals surface area contributed by atoms with E-state index >= 15 is 0 Å². The highest BCUT2D eigenvalue weighted by atomic mass is 31.1. The van der Waals surface area contributed by atoms with Crippen molar-refractivity contribution in [2.45, 2.75) is 0 Å². The molecular formula is C2H5BO2P. The van der Waals surface area contributed by atoms with E-state index in [2.05, 4.69) is 0 Å². The molecule has 1 heterocycles. The Balaban J connectivity index is 2.00. The lowest BCUT2D eigenvalue weighted by Crippen LogP contribution is -2.09. The monoisotopic (exact) mass is 103 g/mol. The van der Waals surface area contributed by atoms with Gasteiger partial charge in [0.2, 0.25) is 0 Å². The first kappa shape index (κ1) is 4.57. The molecule has 0 bridgehead atoms. The Morgan fingerprint density at radius 3 is 2.83 bits per heavy atom. The van der Waals surface area contributed by atoms with Crippen molar-refractivity contribution in [1.82, 2.24) is 0 Å². The molecule has 0 spiro atoms. The zero-order valence-electron chi connectivity index (χ0n) is 3.31. The van der Waals surface area contributed by atoms with E-state index < -0.39 is 0 Å². The van der Waals surface area contributed by atoms with Gasteiger partial charge in [0, 0.05) is 15.3 Å². The van der Waals surface area contributed by atoms with Crippen LogP contribution in [0.2, 0.25) is 0 Å². The zero-order valence-corrected chi connectivity index (χ0v) is 4.31. The average Bonchev–Trinajstić information content (AvgIpc) is 1.72. The van der Waals surface area contributed by atoms with Crippen molar-refractivity contribution in [2.75, 3.05) is 12.9 Å². The molecule has 1 fully saturated rings. The van der Waals surface area contributed by atoms with Gasteiger partial charge < -0.3 is 9.18 Å². The standard InChI is InChI=1S/C2H5BO2P/c1-3-5-6-2-4-1/h6H,1-2H2. The number of hydrogen-bond acceptors (Lipinski definition) is 2. The van der Waals surface area contributed by atoms with Crippen LogP contribution in [-0.2, 0) is 9.18 Å². The minimum atomic E-state index is 0.524. The van der Waals surface area contributed by atoms with Gasteiger partial charge in [-0.3, -0.25) is 0 Å². The largest absolute Gasteiger partial charge is 0.418 e. The highest BCUT2D eigenvalue weighted by molar-refractivity contribution is 7.33. The van der Waals surface area contributed by atoms with Gasteiger partial charge in [-0.15, -0.1) is 0 Å². The second kappa shape index (κ2) is 2.56. The summed E-state index contributed by atoms with van der Waals surface area (Å²) in [7, 11) is 2.21. The molecule has 0 N–H and O–H groups in total. The predicted octanol–water partition coefficient (Wildman–Crippen LogP) is 0.161. The third kappa shape index (κ3) is 1.25. The maximum atomic E-state index is 4.90. The van der Waals surface area contributed by atoms with E-state index in [1.54, 1.807) is 7.48 Å². The molecule has 1 atom stereocenters. The molecule has 1 aliphatic heterocycles. The van der Waals surface area contributed by atoms with Crippen LogP contribution in [0.4, 0.5) is 0 Å². The van der Waals surface area contributed by atoms with Gasteiger partial charge in [-0.2, -0.15) is 0 Å². The van der Waals surface area contributed by atoms with E-state index in [4.69, 9.17) is 9.18 Å². The minimum absolute atomic E-state index is 0.524. The first-order valence-electron chi connectivity index (χ1n) is 1.78. The van der Waals surface area contributed by atoms with Crippen LogP contribution >= 0.6 is 8.81 Å². The van der Waals surface area contributed by atoms with Gasteiger partial charge in [0.15, 0.2) is 0 Å². The van der Waals surface area contributed by atoms with Gasteiger partial charge in [0.05, 0.1) is 6.35 Å². The normalized spacial score (nSPS) is 26.7. The molecule has 33 valence electrons. The summed E-state index contributed by atoms with van der Waals surface area (Å²) >= 11 is 0. The van der Waals surface area contributed by atoms with Crippen LogP contribution in [0.25, 0.3) is 0 Å². The fourth-order valence-corrected chi connectivity index (χ4v) is 0.731. The summed E-state index contributed by atoms with van der Waals surface area (Å²) in [6, 6.07) is 0. The van der Waals surface area contributed by atoms with E-state index in [0.29, 0.717) is 15.3 Å². The zero-order chi connectivity index (χ0) is 4.24. The van der Waals surface area contributed by atoms with Crippen molar-refractivity contribution < 1.29 is 9.18 Å². The molecule has 0 aliphatic carbocycles. The quantitative estimate of drug-likeness (QED) is 0.321. The summed E-state index contributed by atoms with van der Waals surface area (Å²) in [5.74, 6) is 0. The molecule has 1 saturated heterocycles. The summed E-state index contributed by atoms with van der Waals surface area (Å²) < 4.78 is 9.75. The van der Waals surface area contributed by atoms with Crippen molar-refractivity contribution >= 4 is 16.3 Å². The molecule has 1 aliphatic rings.